The molecule has 0 saturated heterocycles. The molecule has 1 aliphatic rings. The average Bonchev–Trinajstić information content (AvgIpc) is 2.43. The SMILES string of the molecule is O=C(NC1(c2ccc(F)cc2)CCC1)c1ccc(Cl)cc1Cl. The van der Waals surface area contributed by atoms with E-state index in [-0.39, 0.29) is 11.7 Å². The Kier molecular flexibility index (Phi) is 4.11. The van der Waals surface area contributed by atoms with Crippen molar-refractivity contribution < 1.29 is 9.18 Å². The average molecular weight is 338 g/mol. The van der Waals surface area contributed by atoms with Crippen LogP contribution in [0.3, 0.4) is 0 Å². The first kappa shape index (κ1) is 15.3. The quantitative estimate of drug-likeness (QED) is 0.844. The van der Waals surface area contributed by atoms with Gasteiger partial charge in [0.05, 0.1) is 16.1 Å². The van der Waals surface area contributed by atoms with E-state index in [0.29, 0.717) is 15.6 Å². The molecule has 1 N–H and O–H groups in total. The highest BCUT2D eigenvalue weighted by Gasteiger charge is 2.40. The van der Waals surface area contributed by atoms with Gasteiger partial charge in [0.2, 0.25) is 0 Å². The van der Waals surface area contributed by atoms with Crippen molar-refractivity contribution in [2.24, 2.45) is 0 Å². The van der Waals surface area contributed by atoms with Crippen LogP contribution in [0.2, 0.25) is 10.0 Å². The van der Waals surface area contributed by atoms with E-state index in [1.54, 1.807) is 30.3 Å². The standard InChI is InChI=1S/C17H14Cl2FNO/c18-12-4-7-14(15(19)10-12)16(22)21-17(8-1-9-17)11-2-5-13(20)6-3-11/h2-7,10H,1,8-9H2,(H,21,22). The van der Waals surface area contributed by atoms with E-state index in [4.69, 9.17) is 23.2 Å². The maximum atomic E-state index is 13.1. The maximum absolute atomic E-state index is 13.1. The Bertz CT molecular complexity index is 711. The zero-order valence-corrected chi connectivity index (χ0v) is 13.2. The molecule has 0 unspecified atom stereocenters. The number of carbonyl (C=O) groups excluding carboxylic acids is 1. The molecule has 0 spiro atoms. The highest BCUT2D eigenvalue weighted by atomic mass is 35.5. The van der Waals surface area contributed by atoms with Gasteiger partial charge in [-0.15, -0.1) is 0 Å². The lowest BCUT2D eigenvalue weighted by Crippen LogP contribution is -2.50. The molecule has 22 heavy (non-hydrogen) atoms. The smallest absolute Gasteiger partial charge is 0.253 e. The summed E-state index contributed by atoms with van der Waals surface area (Å²) in [5.41, 5.74) is 0.867. The zero-order valence-electron chi connectivity index (χ0n) is 11.7. The molecule has 5 heteroatoms. The van der Waals surface area contributed by atoms with Crippen molar-refractivity contribution in [2.75, 3.05) is 0 Å². The van der Waals surface area contributed by atoms with E-state index in [1.807, 2.05) is 0 Å². The van der Waals surface area contributed by atoms with Crippen LogP contribution in [-0.2, 0) is 5.54 Å². The highest BCUT2D eigenvalue weighted by Crippen LogP contribution is 2.41. The van der Waals surface area contributed by atoms with Gasteiger partial charge in [-0.25, -0.2) is 4.39 Å². The second-order valence-electron chi connectivity index (χ2n) is 5.52. The monoisotopic (exact) mass is 337 g/mol. The number of amides is 1. The first-order valence-corrected chi connectivity index (χ1v) is 7.79. The Morgan fingerprint density at radius 2 is 1.77 bits per heavy atom. The van der Waals surface area contributed by atoms with Crippen molar-refractivity contribution in [1.29, 1.82) is 0 Å². The maximum Gasteiger partial charge on any atom is 0.253 e. The third kappa shape index (κ3) is 2.83. The normalized spacial score (nSPS) is 16.0. The Balaban J connectivity index is 1.86. The summed E-state index contributed by atoms with van der Waals surface area (Å²) < 4.78 is 13.1. The fourth-order valence-corrected chi connectivity index (χ4v) is 3.24. The van der Waals surface area contributed by atoms with Gasteiger partial charge in [-0.2, -0.15) is 0 Å². The topological polar surface area (TPSA) is 29.1 Å². The Labute approximate surface area is 138 Å². The van der Waals surface area contributed by atoms with E-state index in [0.717, 1.165) is 24.8 Å². The van der Waals surface area contributed by atoms with Gasteiger partial charge in [0, 0.05) is 5.02 Å². The minimum Gasteiger partial charge on any atom is -0.342 e. The number of carbonyl (C=O) groups is 1. The number of rotatable bonds is 3. The van der Waals surface area contributed by atoms with Gasteiger partial charge in [-0.05, 0) is 55.2 Å². The molecule has 0 bridgehead atoms. The Morgan fingerprint density at radius 1 is 1.09 bits per heavy atom. The fourth-order valence-electron chi connectivity index (χ4n) is 2.74. The lowest BCUT2D eigenvalue weighted by Gasteiger charge is -2.43. The van der Waals surface area contributed by atoms with Crippen molar-refractivity contribution in [2.45, 2.75) is 24.8 Å². The van der Waals surface area contributed by atoms with E-state index in [1.165, 1.54) is 12.1 Å². The van der Waals surface area contributed by atoms with Gasteiger partial charge in [0.1, 0.15) is 5.82 Å². The largest absolute Gasteiger partial charge is 0.342 e. The summed E-state index contributed by atoms with van der Waals surface area (Å²) >= 11 is 11.9. The lowest BCUT2D eigenvalue weighted by atomic mass is 9.71. The summed E-state index contributed by atoms with van der Waals surface area (Å²) in [4.78, 5) is 12.5. The molecule has 3 rings (SSSR count). The second-order valence-corrected chi connectivity index (χ2v) is 6.36. The molecule has 114 valence electrons. The van der Waals surface area contributed by atoms with E-state index in [9.17, 15) is 9.18 Å². The third-order valence-corrected chi connectivity index (χ3v) is 4.68. The van der Waals surface area contributed by atoms with E-state index in [2.05, 4.69) is 5.32 Å². The number of hydrogen-bond donors (Lipinski definition) is 1. The van der Waals surface area contributed by atoms with Crippen LogP contribution in [0.15, 0.2) is 42.5 Å². The molecule has 0 aromatic heterocycles. The summed E-state index contributed by atoms with van der Waals surface area (Å²) in [5.74, 6) is -0.531. The zero-order chi connectivity index (χ0) is 15.7. The summed E-state index contributed by atoms with van der Waals surface area (Å²) in [6.07, 6.45) is 2.68. The molecule has 0 heterocycles. The van der Waals surface area contributed by atoms with Crippen LogP contribution in [0.1, 0.15) is 35.2 Å². The molecular weight excluding hydrogens is 324 g/mol. The molecule has 1 aliphatic carbocycles. The van der Waals surface area contributed by atoms with Gasteiger partial charge >= 0.3 is 0 Å². The minimum absolute atomic E-state index is 0.245. The lowest BCUT2D eigenvalue weighted by molar-refractivity contribution is 0.0823. The van der Waals surface area contributed by atoms with Crippen LogP contribution in [-0.4, -0.2) is 5.91 Å². The van der Waals surface area contributed by atoms with Gasteiger partial charge in [0.25, 0.3) is 5.91 Å². The van der Waals surface area contributed by atoms with Crippen LogP contribution < -0.4 is 5.32 Å². The fraction of sp³-hybridized carbons (Fsp3) is 0.235. The first-order valence-electron chi connectivity index (χ1n) is 7.04. The van der Waals surface area contributed by atoms with Gasteiger partial charge in [-0.1, -0.05) is 35.3 Å². The van der Waals surface area contributed by atoms with Crippen molar-refractivity contribution in [1.82, 2.24) is 5.32 Å². The van der Waals surface area contributed by atoms with Gasteiger partial charge < -0.3 is 5.32 Å². The third-order valence-electron chi connectivity index (χ3n) is 4.13. The predicted molar refractivity (Wildman–Crippen MR) is 85.9 cm³/mol. The van der Waals surface area contributed by atoms with Crippen molar-refractivity contribution in [3.8, 4) is 0 Å². The highest BCUT2D eigenvalue weighted by molar-refractivity contribution is 6.36. The van der Waals surface area contributed by atoms with Crippen molar-refractivity contribution in [3.05, 3.63) is 69.5 Å². The summed E-state index contributed by atoms with van der Waals surface area (Å²) in [6.45, 7) is 0. The number of nitrogens with one attached hydrogen (secondary N) is 1. The molecule has 0 atom stereocenters. The van der Waals surface area contributed by atoms with Crippen LogP contribution in [0.4, 0.5) is 4.39 Å². The number of benzene rings is 2. The van der Waals surface area contributed by atoms with Crippen molar-refractivity contribution >= 4 is 29.1 Å². The summed E-state index contributed by atoms with van der Waals surface area (Å²) in [7, 11) is 0. The summed E-state index contributed by atoms with van der Waals surface area (Å²) in [6, 6.07) is 11.1. The predicted octanol–water partition coefficient (Wildman–Crippen LogP) is 4.94. The van der Waals surface area contributed by atoms with Crippen LogP contribution in [0.5, 0.6) is 0 Å². The molecule has 1 saturated carbocycles. The molecule has 0 aliphatic heterocycles. The Morgan fingerprint density at radius 3 is 2.32 bits per heavy atom. The van der Waals surface area contributed by atoms with Crippen LogP contribution in [0, 0.1) is 5.82 Å². The molecule has 0 radical (unpaired) electrons. The molecule has 2 aromatic rings. The molecule has 2 aromatic carbocycles. The molecular formula is C17H14Cl2FNO. The minimum atomic E-state index is -0.437. The van der Waals surface area contributed by atoms with Crippen LogP contribution >= 0.6 is 23.2 Å². The summed E-state index contributed by atoms with van der Waals surface area (Å²) in [5, 5.41) is 3.86. The second kappa shape index (κ2) is 5.90. The number of halogens is 3. The Hall–Kier alpha value is -1.58. The number of hydrogen-bond acceptors (Lipinski definition) is 1. The molecule has 2 nitrogen and oxygen atoms in total. The first-order chi connectivity index (χ1) is 10.5. The van der Waals surface area contributed by atoms with Crippen molar-refractivity contribution in [3.63, 3.8) is 0 Å². The molecule has 1 amide bonds. The van der Waals surface area contributed by atoms with Gasteiger partial charge in [-0.3, -0.25) is 4.79 Å². The van der Waals surface area contributed by atoms with E-state index >= 15 is 0 Å². The van der Waals surface area contributed by atoms with E-state index < -0.39 is 5.54 Å². The van der Waals surface area contributed by atoms with Crippen LogP contribution in [0.25, 0.3) is 0 Å². The van der Waals surface area contributed by atoms with Gasteiger partial charge in [0.15, 0.2) is 0 Å². The molecule has 1 fully saturated rings.